The Bertz CT molecular complexity index is 439. The number of methoxy groups -OCH3 is 1. The molecule has 6 nitrogen and oxygen atoms in total. The van der Waals surface area contributed by atoms with E-state index in [0.29, 0.717) is 18.8 Å². The molecule has 1 aromatic heterocycles. The summed E-state index contributed by atoms with van der Waals surface area (Å²) in [6.07, 6.45) is 4.01. The molecule has 0 bridgehead atoms. The van der Waals surface area contributed by atoms with Gasteiger partial charge in [-0.25, -0.2) is 4.98 Å². The van der Waals surface area contributed by atoms with E-state index in [4.69, 9.17) is 9.47 Å². The average molecular weight is 265 g/mol. The number of ether oxygens (including phenoxy) is 2. The number of nitrogens with zero attached hydrogens (tertiary/aromatic N) is 3. The van der Waals surface area contributed by atoms with Gasteiger partial charge in [0.2, 0.25) is 11.8 Å². The molecule has 1 fully saturated rings. The summed E-state index contributed by atoms with van der Waals surface area (Å²) in [5, 5.41) is 0. The maximum atomic E-state index is 11.7. The molecule has 1 aromatic rings. The van der Waals surface area contributed by atoms with E-state index in [1.54, 1.807) is 12.3 Å². The van der Waals surface area contributed by atoms with Crippen molar-refractivity contribution in [3.8, 4) is 11.9 Å². The van der Waals surface area contributed by atoms with Crippen molar-refractivity contribution in [3.63, 3.8) is 0 Å². The Morgan fingerprint density at radius 3 is 3.16 bits per heavy atom. The van der Waals surface area contributed by atoms with Gasteiger partial charge in [0.1, 0.15) is 6.10 Å². The molecule has 19 heavy (non-hydrogen) atoms. The van der Waals surface area contributed by atoms with Crippen molar-refractivity contribution in [2.45, 2.75) is 32.3 Å². The second-order valence-electron chi connectivity index (χ2n) is 4.46. The fourth-order valence-corrected chi connectivity index (χ4v) is 2.14. The summed E-state index contributed by atoms with van der Waals surface area (Å²) in [5.41, 5.74) is 0. The van der Waals surface area contributed by atoms with E-state index in [1.807, 2.05) is 11.8 Å². The van der Waals surface area contributed by atoms with Crippen LogP contribution in [0.1, 0.15) is 26.2 Å². The number of rotatable bonds is 4. The molecule has 1 aliphatic rings. The molecule has 0 aromatic carbocycles. The standard InChI is InChI=1S/C13H19N3O3/c1-3-12(17)16-8-4-5-10(9-16)19-11-6-7-14-13(15-11)18-2/h6-7,10H,3-5,8-9H2,1-2H3. The van der Waals surface area contributed by atoms with Gasteiger partial charge in [-0.05, 0) is 12.8 Å². The molecular formula is C13H19N3O3. The molecule has 2 rings (SSSR count). The Morgan fingerprint density at radius 1 is 1.58 bits per heavy atom. The van der Waals surface area contributed by atoms with Crippen LogP contribution in [-0.2, 0) is 4.79 Å². The number of carbonyl (C=O) groups excluding carboxylic acids is 1. The summed E-state index contributed by atoms with van der Waals surface area (Å²) in [4.78, 5) is 21.6. The van der Waals surface area contributed by atoms with Crippen molar-refractivity contribution in [1.29, 1.82) is 0 Å². The monoisotopic (exact) mass is 265 g/mol. The minimum atomic E-state index is -0.0103. The SMILES string of the molecule is CCC(=O)N1CCCC(Oc2ccnc(OC)n2)C1. The zero-order chi connectivity index (χ0) is 13.7. The highest BCUT2D eigenvalue weighted by atomic mass is 16.5. The summed E-state index contributed by atoms with van der Waals surface area (Å²) < 4.78 is 10.8. The van der Waals surface area contributed by atoms with Gasteiger partial charge in [0.25, 0.3) is 0 Å². The van der Waals surface area contributed by atoms with Crippen molar-refractivity contribution < 1.29 is 14.3 Å². The van der Waals surface area contributed by atoms with Crippen LogP contribution in [0, 0.1) is 0 Å². The Hall–Kier alpha value is -1.85. The van der Waals surface area contributed by atoms with Crippen LogP contribution in [-0.4, -0.2) is 47.1 Å². The maximum Gasteiger partial charge on any atom is 0.319 e. The first kappa shape index (κ1) is 13.6. The molecular weight excluding hydrogens is 246 g/mol. The lowest BCUT2D eigenvalue weighted by molar-refractivity contribution is -0.133. The number of carbonyl (C=O) groups is 1. The molecule has 2 heterocycles. The van der Waals surface area contributed by atoms with Crippen LogP contribution >= 0.6 is 0 Å². The second kappa shape index (κ2) is 6.36. The largest absolute Gasteiger partial charge is 0.472 e. The summed E-state index contributed by atoms with van der Waals surface area (Å²) in [6.45, 7) is 3.32. The molecule has 0 saturated carbocycles. The van der Waals surface area contributed by atoms with Gasteiger partial charge in [-0.15, -0.1) is 0 Å². The van der Waals surface area contributed by atoms with E-state index in [9.17, 15) is 4.79 Å². The van der Waals surface area contributed by atoms with Gasteiger partial charge in [-0.2, -0.15) is 4.98 Å². The summed E-state index contributed by atoms with van der Waals surface area (Å²) >= 11 is 0. The Kier molecular flexibility index (Phi) is 4.54. The van der Waals surface area contributed by atoms with Crippen LogP contribution < -0.4 is 9.47 Å². The highest BCUT2D eigenvalue weighted by Crippen LogP contribution is 2.18. The number of aromatic nitrogens is 2. The fourth-order valence-electron chi connectivity index (χ4n) is 2.14. The van der Waals surface area contributed by atoms with Crippen molar-refractivity contribution in [1.82, 2.24) is 14.9 Å². The number of hydrogen-bond acceptors (Lipinski definition) is 5. The van der Waals surface area contributed by atoms with Crippen molar-refractivity contribution >= 4 is 5.91 Å². The molecule has 0 radical (unpaired) electrons. The second-order valence-corrected chi connectivity index (χ2v) is 4.46. The molecule has 1 unspecified atom stereocenters. The van der Waals surface area contributed by atoms with E-state index in [-0.39, 0.29) is 18.0 Å². The zero-order valence-electron chi connectivity index (χ0n) is 11.3. The molecule has 1 aliphatic heterocycles. The normalized spacial score (nSPS) is 19.1. The number of amides is 1. The first-order chi connectivity index (χ1) is 9.22. The van der Waals surface area contributed by atoms with Crippen molar-refractivity contribution in [2.75, 3.05) is 20.2 Å². The minimum Gasteiger partial charge on any atom is -0.472 e. The Labute approximate surface area is 112 Å². The first-order valence-corrected chi connectivity index (χ1v) is 6.54. The molecule has 0 N–H and O–H groups in total. The molecule has 1 amide bonds. The summed E-state index contributed by atoms with van der Waals surface area (Å²) in [7, 11) is 1.52. The van der Waals surface area contributed by atoms with Gasteiger partial charge in [0.05, 0.1) is 13.7 Å². The molecule has 0 aliphatic carbocycles. The van der Waals surface area contributed by atoms with Crippen LogP contribution in [0.25, 0.3) is 0 Å². The van der Waals surface area contributed by atoms with Gasteiger partial charge < -0.3 is 14.4 Å². The topological polar surface area (TPSA) is 64.6 Å². The molecule has 104 valence electrons. The highest BCUT2D eigenvalue weighted by Gasteiger charge is 2.24. The van der Waals surface area contributed by atoms with Crippen LogP contribution in [0.5, 0.6) is 11.9 Å². The van der Waals surface area contributed by atoms with Crippen LogP contribution in [0.4, 0.5) is 0 Å². The predicted molar refractivity (Wildman–Crippen MR) is 69.1 cm³/mol. The van der Waals surface area contributed by atoms with Crippen LogP contribution in [0.3, 0.4) is 0 Å². The van der Waals surface area contributed by atoms with Gasteiger partial charge in [-0.1, -0.05) is 6.92 Å². The van der Waals surface area contributed by atoms with Crippen molar-refractivity contribution in [2.24, 2.45) is 0 Å². The first-order valence-electron chi connectivity index (χ1n) is 6.54. The molecule has 0 spiro atoms. The van der Waals surface area contributed by atoms with Gasteiger partial charge in [0.15, 0.2) is 0 Å². The predicted octanol–water partition coefficient (Wildman–Crippen LogP) is 1.26. The molecule has 6 heteroatoms. The summed E-state index contributed by atoms with van der Waals surface area (Å²) in [5.74, 6) is 0.663. The van der Waals surface area contributed by atoms with E-state index in [0.717, 1.165) is 19.4 Å². The Morgan fingerprint density at radius 2 is 2.42 bits per heavy atom. The van der Waals surface area contributed by atoms with Gasteiger partial charge in [0, 0.05) is 25.2 Å². The van der Waals surface area contributed by atoms with Crippen molar-refractivity contribution in [3.05, 3.63) is 12.3 Å². The number of likely N-dealkylation sites (tertiary alicyclic amines) is 1. The minimum absolute atomic E-state index is 0.0103. The van der Waals surface area contributed by atoms with Gasteiger partial charge in [-0.3, -0.25) is 4.79 Å². The lowest BCUT2D eigenvalue weighted by Gasteiger charge is -2.32. The molecule has 1 atom stereocenters. The van der Waals surface area contributed by atoms with E-state index in [1.165, 1.54) is 7.11 Å². The fraction of sp³-hybridized carbons (Fsp3) is 0.615. The quantitative estimate of drug-likeness (QED) is 0.820. The lowest BCUT2D eigenvalue weighted by Crippen LogP contribution is -2.44. The summed E-state index contributed by atoms with van der Waals surface area (Å²) in [6, 6.07) is 1.98. The maximum absolute atomic E-state index is 11.7. The highest BCUT2D eigenvalue weighted by molar-refractivity contribution is 5.75. The molecule has 1 saturated heterocycles. The number of piperidine rings is 1. The lowest BCUT2D eigenvalue weighted by atomic mass is 10.1. The van der Waals surface area contributed by atoms with E-state index < -0.39 is 0 Å². The smallest absolute Gasteiger partial charge is 0.319 e. The zero-order valence-corrected chi connectivity index (χ0v) is 11.3. The third-order valence-corrected chi connectivity index (χ3v) is 3.11. The van der Waals surface area contributed by atoms with Gasteiger partial charge >= 0.3 is 6.01 Å². The van der Waals surface area contributed by atoms with E-state index in [2.05, 4.69) is 9.97 Å². The van der Waals surface area contributed by atoms with Crippen LogP contribution in [0.2, 0.25) is 0 Å². The average Bonchev–Trinajstić information content (AvgIpc) is 2.47. The van der Waals surface area contributed by atoms with E-state index >= 15 is 0 Å². The number of hydrogen-bond donors (Lipinski definition) is 0. The Balaban J connectivity index is 1.96. The third kappa shape index (κ3) is 3.56. The third-order valence-electron chi connectivity index (χ3n) is 3.11. The van der Waals surface area contributed by atoms with Crippen LogP contribution in [0.15, 0.2) is 12.3 Å².